The fourth-order valence-electron chi connectivity index (χ4n) is 3.31. The van der Waals surface area contributed by atoms with Crippen molar-refractivity contribution >= 4 is 5.97 Å². The predicted molar refractivity (Wildman–Crippen MR) is 103 cm³/mol. The van der Waals surface area contributed by atoms with Crippen LogP contribution in [0.1, 0.15) is 31.7 Å². The van der Waals surface area contributed by atoms with E-state index in [-0.39, 0.29) is 12.2 Å². The van der Waals surface area contributed by atoms with Gasteiger partial charge in [0.2, 0.25) is 0 Å². The molecule has 1 aliphatic heterocycles. The number of rotatable bonds is 7. The maximum atomic E-state index is 11.1. The molecular weight excluding hydrogens is 340 g/mol. The molecule has 1 fully saturated rings. The van der Waals surface area contributed by atoms with Crippen LogP contribution in [-0.2, 0) is 9.53 Å². The number of likely N-dealkylation sites (tertiary alicyclic amines) is 1. The standard InChI is InChI=1S/C22H24N2O3/c1-17(25)27-22-4-2-13-24(22)14-3-15-26-21-11-9-20(10-12-21)19-7-5-18(16-23)6-8-19/h5-12,22H,2-4,13-15H2,1H3. The molecule has 0 aromatic heterocycles. The molecule has 5 heteroatoms. The van der Waals surface area contributed by atoms with E-state index in [1.165, 1.54) is 6.92 Å². The molecule has 0 N–H and O–H groups in total. The molecule has 27 heavy (non-hydrogen) atoms. The molecule has 5 nitrogen and oxygen atoms in total. The van der Waals surface area contributed by atoms with Gasteiger partial charge in [-0.3, -0.25) is 9.69 Å². The van der Waals surface area contributed by atoms with Crippen LogP contribution in [0.5, 0.6) is 5.75 Å². The predicted octanol–water partition coefficient (Wildman–Crippen LogP) is 3.98. The Bertz CT molecular complexity index is 794. The van der Waals surface area contributed by atoms with Crippen molar-refractivity contribution in [2.24, 2.45) is 0 Å². The van der Waals surface area contributed by atoms with Crippen molar-refractivity contribution in [1.29, 1.82) is 5.26 Å². The van der Waals surface area contributed by atoms with E-state index >= 15 is 0 Å². The molecule has 0 radical (unpaired) electrons. The Hall–Kier alpha value is -2.84. The summed E-state index contributed by atoms with van der Waals surface area (Å²) in [5.74, 6) is 0.621. The van der Waals surface area contributed by atoms with Gasteiger partial charge in [0.05, 0.1) is 18.2 Å². The van der Waals surface area contributed by atoms with Crippen LogP contribution in [0.4, 0.5) is 0 Å². The number of nitriles is 1. The summed E-state index contributed by atoms with van der Waals surface area (Å²) in [5, 5.41) is 8.87. The highest BCUT2D eigenvalue weighted by molar-refractivity contribution is 5.66. The number of nitrogens with zero attached hydrogens (tertiary/aromatic N) is 2. The highest BCUT2D eigenvalue weighted by atomic mass is 16.6. The van der Waals surface area contributed by atoms with Crippen LogP contribution in [0.25, 0.3) is 11.1 Å². The molecule has 0 saturated carbocycles. The molecule has 1 atom stereocenters. The smallest absolute Gasteiger partial charge is 0.304 e. The second-order valence-electron chi connectivity index (χ2n) is 6.66. The highest BCUT2D eigenvalue weighted by Gasteiger charge is 2.26. The number of hydrogen-bond acceptors (Lipinski definition) is 5. The van der Waals surface area contributed by atoms with Gasteiger partial charge < -0.3 is 9.47 Å². The number of benzene rings is 2. The van der Waals surface area contributed by atoms with Crippen LogP contribution in [0.3, 0.4) is 0 Å². The molecule has 1 heterocycles. The summed E-state index contributed by atoms with van der Waals surface area (Å²) in [4.78, 5) is 13.3. The third kappa shape index (κ3) is 5.32. The average Bonchev–Trinajstić information content (AvgIpc) is 3.12. The van der Waals surface area contributed by atoms with Gasteiger partial charge in [-0.2, -0.15) is 5.26 Å². The molecule has 2 aromatic carbocycles. The zero-order valence-corrected chi connectivity index (χ0v) is 15.6. The first-order chi connectivity index (χ1) is 13.2. The second-order valence-corrected chi connectivity index (χ2v) is 6.66. The van der Waals surface area contributed by atoms with Crippen LogP contribution < -0.4 is 4.74 Å². The summed E-state index contributed by atoms with van der Waals surface area (Å²) in [6, 6.07) is 17.6. The minimum absolute atomic E-state index is 0.0748. The van der Waals surface area contributed by atoms with Crippen molar-refractivity contribution in [2.45, 2.75) is 32.4 Å². The van der Waals surface area contributed by atoms with E-state index in [1.807, 2.05) is 48.5 Å². The summed E-state index contributed by atoms with van der Waals surface area (Å²) >= 11 is 0. The summed E-state index contributed by atoms with van der Waals surface area (Å²) in [5.41, 5.74) is 2.83. The Morgan fingerprint density at radius 3 is 2.44 bits per heavy atom. The van der Waals surface area contributed by atoms with Crippen LogP contribution in [0, 0.1) is 11.3 Å². The first-order valence-corrected chi connectivity index (χ1v) is 9.30. The van der Waals surface area contributed by atoms with E-state index in [0.29, 0.717) is 12.2 Å². The van der Waals surface area contributed by atoms with E-state index in [4.69, 9.17) is 14.7 Å². The van der Waals surface area contributed by atoms with Crippen LogP contribution in [0.2, 0.25) is 0 Å². The molecular formula is C22H24N2O3. The molecule has 0 amide bonds. The van der Waals surface area contributed by atoms with Gasteiger partial charge in [0.15, 0.2) is 6.23 Å². The first-order valence-electron chi connectivity index (χ1n) is 9.30. The van der Waals surface area contributed by atoms with Gasteiger partial charge in [-0.1, -0.05) is 24.3 Å². The zero-order chi connectivity index (χ0) is 19.1. The van der Waals surface area contributed by atoms with E-state index < -0.39 is 0 Å². The van der Waals surface area contributed by atoms with Crippen molar-refractivity contribution in [3.63, 3.8) is 0 Å². The Kier molecular flexibility index (Phi) is 6.45. The van der Waals surface area contributed by atoms with Crippen molar-refractivity contribution in [1.82, 2.24) is 4.90 Å². The van der Waals surface area contributed by atoms with Gasteiger partial charge in [-0.15, -0.1) is 0 Å². The molecule has 0 spiro atoms. The quantitative estimate of drug-likeness (QED) is 0.549. The summed E-state index contributed by atoms with van der Waals surface area (Å²) < 4.78 is 11.2. The minimum Gasteiger partial charge on any atom is -0.494 e. The van der Waals surface area contributed by atoms with E-state index in [9.17, 15) is 4.79 Å². The normalized spacial score (nSPS) is 16.7. The lowest BCUT2D eigenvalue weighted by molar-refractivity contribution is -0.153. The lowest BCUT2D eigenvalue weighted by Crippen LogP contribution is -2.34. The Morgan fingerprint density at radius 2 is 1.81 bits per heavy atom. The Balaban J connectivity index is 1.45. The van der Waals surface area contributed by atoms with E-state index in [1.54, 1.807) is 0 Å². The lowest BCUT2D eigenvalue weighted by atomic mass is 10.0. The SMILES string of the molecule is CC(=O)OC1CCCN1CCCOc1ccc(-c2ccc(C#N)cc2)cc1. The third-order valence-corrected chi connectivity index (χ3v) is 4.67. The molecule has 2 aromatic rings. The summed E-state index contributed by atoms with van der Waals surface area (Å²) in [6.45, 7) is 3.92. The van der Waals surface area contributed by atoms with Crippen molar-refractivity contribution in [3.05, 3.63) is 54.1 Å². The minimum atomic E-state index is -0.217. The molecule has 140 valence electrons. The largest absolute Gasteiger partial charge is 0.494 e. The van der Waals surface area contributed by atoms with Crippen LogP contribution in [-0.4, -0.2) is 36.8 Å². The lowest BCUT2D eigenvalue weighted by Gasteiger charge is -2.23. The fraction of sp³-hybridized carbons (Fsp3) is 0.364. The Labute approximate surface area is 160 Å². The molecule has 1 aliphatic rings. The summed E-state index contributed by atoms with van der Waals surface area (Å²) in [7, 11) is 0. The van der Waals surface area contributed by atoms with Gasteiger partial charge in [-0.25, -0.2) is 0 Å². The second kappa shape index (κ2) is 9.20. The maximum absolute atomic E-state index is 11.1. The van der Waals surface area contributed by atoms with Crippen LogP contribution in [0.15, 0.2) is 48.5 Å². The van der Waals surface area contributed by atoms with Crippen LogP contribution >= 0.6 is 0 Å². The van der Waals surface area contributed by atoms with E-state index in [2.05, 4.69) is 11.0 Å². The maximum Gasteiger partial charge on any atom is 0.304 e. The molecule has 3 rings (SSSR count). The van der Waals surface area contributed by atoms with Crippen molar-refractivity contribution < 1.29 is 14.3 Å². The Morgan fingerprint density at radius 1 is 1.15 bits per heavy atom. The average molecular weight is 364 g/mol. The number of esters is 1. The first kappa shape index (κ1) is 18.9. The third-order valence-electron chi connectivity index (χ3n) is 4.67. The zero-order valence-electron chi connectivity index (χ0n) is 15.6. The number of hydrogen-bond donors (Lipinski definition) is 0. The van der Waals surface area contributed by atoms with E-state index in [0.717, 1.165) is 49.2 Å². The number of carbonyl (C=O) groups excluding carboxylic acids is 1. The number of ether oxygens (including phenoxy) is 2. The monoisotopic (exact) mass is 364 g/mol. The molecule has 0 aliphatic carbocycles. The van der Waals surface area contributed by atoms with Gasteiger partial charge in [0.25, 0.3) is 0 Å². The molecule has 0 bridgehead atoms. The molecule has 1 saturated heterocycles. The fourth-order valence-corrected chi connectivity index (χ4v) is 3.31. The van der Waals surface area contributed by atoms with Crippen molar-refractivity contribution in [3.8, 4) is 22.9 Å². The van der Waals surface area contributed by atoms with Crippen molar-refractivity contribution in [2.75, 3.05) is 19.7 Å². The highest BCUT2D eigenvalue weighted by Crippen LogP contribution is 2.23. The van der Waals surface area contributed by atoms with Gasteiger partial charge in [0.1, 0.15) is 5.75 Å². The number of carbonyl (C=O) groups is 1. The topological polar surface area (TPSA) is 62.6 Å². The molecule has 1 unspecified atom stereocenters. The summed E-state index contributed by atoms with van der Waals surface area (Å²) in [6.07, 6.45) is 2.79. The van der Waals surface area contributed by atoms with Gasteiger partial charge in [-0.05, 0) is 54.7 Å². The van der Waals surface area contributed by atoms with Gasteiger partial charge in [0, 0.05) is 20.0 Å². The van der Waals surface area contributed by atoms with Gasteiger partial charge >= 0.3 is 5.97 Å².